The van der Waals surface area contributed by atoms with E-state index in [4.69, 9.17) is 4.74 Å². The maximum atomic E-state index is 5.05. The van der Waals surface area contributed by atoms with Gasteiger partial charge >= 0.3 is 0 Å². The van der Waals surface area contributed by atoms with E-state index < -0.39 is 0 Å². The number of hydrogen-bond donors (Lipinski definition) is 1. The Balaban J connectivity index is 2.03. The van der Waals surface area contributed by atoms with Crippen molar-refractivity contribution in [3.63, 3.8) is 0 Å². The summed E-state index contributed by atoms with van der Waals surface area (Å²) in [4.78, 5) is 4.54. The molecule has 2 rings (SSSR count). The van der Waals surface area contributed by atoms with Crippen molar-refractivity contribution in [1.82, 2.24) is 9.55 Å². The van der Waals surface area contributed by atoms with Crippen molar-refractivity contribution in [2.75, 3.05) is 25.6 Å². The Morgan fingerprint density at radius 2 is 2.35 bits per heavy atom. The van der Waals surface area contributed by atoms with Gasteiger partial charge in [0.2, 0.25) is 5.95 Å². The van der Waals surface area contributed by atoms with Gasteiger partial charge in [-0.3, -0.25) is 0 Å². The summed E-state index contributed by atoms with van der Waals surface area (Å²) in [5, 5.41) is 3.35. The van der Waals surface area contributed by atoms with E-state index in [1.165, 1.54) is 19.3 Å². The number of imidazole rings is 1. The molecule has 0 bridgehead atoms. The molecule has 1 saturated carbocycles. The Morgan fingerprint density at radius 3 is 2.94 bits per heavy atom. The minimum absolute atomic E-state index is 0.551. The molecule has 0 radical (unpaired) electrons. The highest BCUT2D eigenvalue weighted by atomic mass is 16.5. The quantitative estimate of drug-likeness (QED) is 0.773. The lowest BCUT2D eigenvalue weighted by Crippen LogP contribution is -2.24. The van der Waals surface area contributed by atoms with Crippen LogP contribution in [0.1, 0.15) is 37.9 Å². The lowest BCUT2D eigenvalue weighted by Gasteiger charge is -2.33. The summed E-state index contributed by atoms with van der Waals surface area (Å²) in [5.41, 5.74) is 1.08. The first-order chi connectivity index (χ1) is 8.22. The van der Waals surface area contributed by atoms with Crippen molar-refractivity contribution in [2.45, 2.75) is 39.2 Å². The molecule has 0 amide bonds. The lowest BCUT2D eigenvalue weighted by atomic mass is 9.80. The highest BCUT2D eigenvalue weighted by Crippen LogP contribution is 2.37. The van der Waals surface area contributed by atoms with Crippen LogP contribution < -0.4 is 5.32 Å². The van der Waals surface area contributed by atoms with Gasteiger partial charge in [0.25, 0.3) is 0 Å². The van der Waals surface area contributed by atoms with Crippen LogP contribution >= 0.6 is 0 Å². The van der Waals surface area contributed by atoms with Gasteiger partial charge in [-0.05, 0) is 32.6 Å². The molecule has 1 fully saturated rings. The SMILES string of the molecule is COCCNc1nc(C)cn1C(C)C1CCC1. The molecule has 1 heterocycles. The zero-order valence-electron chi connectivity index (χ0n) is 11.1. The van der Waals surface area contributed by atoms with Gasteiger partial charge in [-0.2, -0.15) is 0 Å². The Bertz CT molecular complexity index is 358. The van der Waals surface area contributed by atoms with Gasteiger partial charge in [0, 0.05) is 25.9 Å². The van der Waals surface area contributed by atoms with E-state index in [0.717, 1.165) is 24.1 Å². The van der Waals surface area contributed by atoms with Crippen LogP contribution in [0, 0.1) is 12.8 Å². The van der Waals surface area contributed by atoms with Gasteiger partial charge in [0.1, 0.15) is 0 Å². The molecule has 1 aromatic rings. The number of methoxy groups -OCH3 is 1. The van der Waals surface area contributed by atoms with Crippen LogP contribution in [-0.4, -0.2) is 29.8 Å². The number of nitrogens with zero attached hydrogens (tertiary/aromatic N) is 2. The Morgan fingerprint density at radius 1 is 1.59 bits per heavy atom. The van der Waals surface area contributed by atoms with Gasteiger partial charge in [-0.25, -0.2) is 4.98 Å². The summed E-state index contributed by atoms with van der Waals surface area (Å²) in [6, 6.07) is 0.551. The summed E-state index contributed by atoms with van der Waals surface area (Å²) >= 11 is 0. The van der Waals surface area contributed by atoms with E-state index in [0.29, 0.717) is 12.6 Å². The van der Waals surface area contributed by atoms with Crippen molar-refractivity contribution >= 4 is 5.95 Å². The van der Waals surface area contributed by atoms with Crippen LogP contribution in [0.4, 0.5) is 5.95 Å². The monoisotopic (exact) mass is 237 g/mol. The molecule has 1 aromatic heterocycles. The van der Waals surface area contributed by atoms with E-state index >= 15 is 0 Å². The predicted octanol–water partition coefficient (Wildman–Crippen LogP) is 2.61. The van der Waals surface area contributed by atoms with Gasteiger partial charge in [0.05, 0.1) is 12.3 Å². The predicted molar refractivity (Wildman–Crippen MR) is 69.4 cm³/mol. The Kier molecular flexibility index (Phi) is 4.05. The molecule has 0 aromatic carbocycles. The van der Waals surface area contributed by atoms with E-state index in [2.05, 4.69) is 28.0 Å². The smallest absolute Gasteiger partial charge is 0.203 e. The normalized spacial score (nSPS) is 17.8. The molecule has 96 valence electrons. The molecule has 4 nitrogen and oxygen atoms in total. The number of anilines is 1. The maximum Gasteiger partial charge on any atom is 0.203 e. The van der Waals surface area contributed by atoms with Crippen molar-refractivity contribution in [3.8, 4) is 0 Å². The topological polar surface area (TPSA) is 39.1 Å². The summed E-state index contributed by atoms with van der Waals surface area (Å²) in [6.07, 6.45) is 6.25. The van der Waals surface area contributed by atoms with Gasteiger partial charge in [0.15, 0.2) is 0 Å². The van der Waals surface area contributed by atoms with Gasteiger partial charge in [-0.1, -0.05) is 6.42 Å². The Hall–Kier alpha value is -1.03. The lowest BCUT2D eigenvalue weighted by molar-refractivity contribution is 0.209. The van der Waals surface area contributed by atoms with Gasteiger partial charge < -0.3 is 14.6 Å². The van der Waals surface area contributed by atoms with Crippen LogP contribution in [0.3, 0.4) is 0 Å². The third-order valence-electron chi connectivity index (χ3n) is 3.71. The average molecular weight is 237 g/mol. The second-order valence-corrected chi connectivity index (χ2v) is 4.96. The number of aryl methyl sites for hydroxylation is 1. The Labute approximate surface area is 103 Å². The third-order valence-corrected chi connectivity index (χ3v) is 3.71. The minimum atomic E-state index is 0.551. The zero-order valence-corrected chi connectivity index (χ0v) is 11.1. The number of nitrogens with one attached hydrogen (secondary N) is 1. The van der Waals surface area contributed by atoms with E-state index in [9.17, 15) is 0 Å². The van der Waals surface area contributed by atoms with E-state index in [-0.39, 0.29) is 0 Å². The fourth-order valence-electron chi connectivity index (χ4n) is 2.37. The average Bonchev–Trinajstić information content (AvgIpc) is 2.57. The molecular formula is C13H23N3O. The minimum Gasteiger partial charge on any atom is -0.383 e. The fourth-order valence-corrected chi connectivity index (χ4v) is 2.37. The fraction of sp³-hybridized carbons (Fsp3) is 0.769. The van der Waals surface area contributed by atoms with Crippen molar-refractivity contribution in [1.29, 1.82) is 0 Å². The molecule has 1 unspecified atom stereocenters. The number of ether oxygens (including phenoxy) is 1. The highest BCUT2D eigenvalue weighted by Gasteiger charge is 2.26. The maximum absolute atomic E-state index is 5.05. The largest absolute Gasteiger partial charge is 0.383 e. The highest BCUT2D eigenvalue weighted by molar-refractivity contribution is 5.29. The molecule has 4 heteroatoms. The molecule has 1 aliphatic rings. The van der Waals surface area contributed by atoms with Crippen LogP contribution in [0.25, 0.3) is 0 Å². The standard InChI is InChI=1S/C13H23N3O/c1-10-9-16(11(2)12-5-4-6-12)13(15-10)14-7-8-17-3/h9,11-12H,4-8H2,1-3H3,(H,14,15). The van der Waals surface area contributed by atoms with Gasteiger partial charge in [-0.15, -0.1) is 0 Å². The molecule has 0 aliphatic heterocycles. The first kappa shape index (κ1) is 12.4. The third kappa shape index (κ3) is 2.80. The summed E-state index contributed by atoms with van der Waals surface area (Å²) in [6.45, 7) is 5.87. The second-order valence-electron chi connectivity index (χ2n) is 4.96. The zero-order chi connectivity index (χ0) is 12.3. The van der Waals surface area contributed by atoms with Crippen LogP contribution in [0.5, 0.6) is 0 Å². The number of hydrogen-bond acceptors (Lipinski definition) is 3. The molecule has 0 spiro atoms. The molecule has 1 atom stereocenters. The first-order valence-electron chi connectivity index (χ1n) is 6.50. The molecule has 0 saturated heterocycles. The molecule has 17 heavy (non-hydrogen) atoms. The summed E-state index contributed by atoms with van der Waals surface area (Å²) in [7, 11) is 1.72. The van der Waals surface area contributed by atoms with E-state index in [1.807, 2.05) is 6.92 Å². The molecule has 1 N–H and O–H groups in total. The van der Waals surface area contributed by atoms with Crippen molar-refractivity contribution in [3.05, 3.63) is 11.9 Å². The van der Waals surface area contributed by atoms with Crippen LogP contribution in [0.2, 0.25) is 0 Å². The van der Waals surface area contributed by atoms with Crippen LogP contribution in [0.15, 0.2) is 6.20 Å². The van der Waals surface area contributed by atoms with E-state index in [1.54, 1.807) is 7.11 Å². The van der Waals surface area contributed by atoms with Crippen molar-refractivity contribution < 1.29 is 4.74 Å². The first-order valence-corrected chi connectivity index (χ1v) is 6.50. The molecular weight excluding hydrogens is 214 g/mol. The summed E-state index contributed by atoms with van der Waals surface area (Å²) in [5.74, 6) is 1.81. The number of rotatable bonds is 6. The second kappa shape index (κ2) is 5.54. The van der Waals surface area contributed by atoms with Crippen molar-refractivity contribution in [2.24, 2.45) is 5.92 Å². The molecule has 1 aliphatic carbocycles. The summed E-state index contributed by atoms with van der Waals surface area (Å²) < 4.78 is 7.34. The number of aromatic nitrogens is 2. The van der Waals surface area contributed by atoms with Crippen LogP contribution in [-0.2, 0) is 4.74 Å².